The maximum atomic E-state index is 13.0. The summed E-state index contributed by atoms with van der Waals surface area (Å²) in [4.78, 5) is 13.0. The number of carbonyl (C=O) groups excluding carboxylic acids is 1. The van der Waals surface area contributed by atoms with Crippen LogP contribution in [0.2, 0.25) is 0 Å². The lowest BCUT2D eigenvalue weighted by Crippen LogP contribution is -2.41. The minimum Gasteiger partial charge on any atom is -0.370 e. The number of carbonyl (C=O) groups is 1. The lowest BCUT2D eigenvalue weighted by molar-refractivity contribution is -0.136. The monoisotopic (exact) mass is 253 g/mol. The van der Waals surface area contributed by atoms with Crippen LogP contribution >= 0.6 is 0 Å². The van der Waals surface area contributed by atoms with Crippen LogP contribution in [0.1, 0.15) is 32.4 Å². The number of nitrogens with zero attached hydrogens (tertiary/aromatic N) is 1. The van der Waals surface area contributed by atoms with E-state index in [1.54, 1.807) is 11.0 Å². The molecule has 1 saturated heterocycles. The standard InChI is InChI=1S/C12H14FNO2.C2H6/c1-9(15)14-5-6-16-12(8-14)10-3-2-4-11(13)7-10;1-2/h2-4,7,12H,5-6,8H2,1H3;1-2H3. The Morgan fingerprint density at radius 2 is 2.17 bits per heavy atom. The van der Waals surface area contributed by atoms with E-state index in [9.17, 15) is 9.18 Å². The molecule has 0 aliphatic carbocycles. The molecule has 100 valence electrons. The largest absolute Gasteiger partial charge is 0.370 e. The van der Waals surface area contributed by atoms with E-state index in [1.807, 2.05) is 19.9 Å². The molecule has 1 amide bonds. The zero-order chi connectivity index (χ0) is 13.5. The Labute approximate surface area is 108 Å². The molecule has 1 aliphatic heterocycles. The first kappa shape index (κ1) is 14.6. The Hall–Kier alpha value is -1.42. The fourth-order valence-electron chi connectivity index (χ4n) is 1.84. The summed E-state index contributed by atoms with van der Waals surface area (Å²) in [5.41, 5.74) is 0.783. The van der Waals surface area contributed by atoms with Crippen molar-refractivity contribution in [2.45, 2.75) is 26.9 Å². The molecule has 0 saturated carbocycles. The number of amides is 1. The number of ether oxygens (including phenoxy) is 1. The second-order valence-electron chi connectivity index (χ2n) is 3.88. The van der Waals surface area contributed by atoms with E-state index in [0.29, 0.717) is 19.7 Å². The van der Waals surface area contributed by atoms with Crippen LogP contribution < -0.4 is 0 Å². The minimum absolute atomic E-state index is 0.0321. The van der Waals surface area contributed by atoms with Crippen molar-refractivity contribution in [1.29, 1.82) is 0 Å². The van der Waals surface area contributed by atoms with Crippen LogP contribution in [-0.2, 0) is 9.53 Å². The van der Waals surface area contributed by atoms with Crippen molar-refractivity contribution in [3.63, 3.8) is 0 Å². The smallest absolute Gasteiger partial charge is 0.219 e. The van der Waals surface area contributed by atoms with Gasteiger partial charge in [0.15, 0.2) is 0 Å². The first-order valence-corrected chi connectivity index (χ1v) is 6.29. The van der Waals surface area contributed by atoms with Crippen molar-refractivity contribution in [1.82, 2.24) is 4.90 Å². The van der Waals surface area contributed by atoms with E-state index < -0.39 is 0 Å². The van der Waals surface area contributed by atoms with Gasteiger partial charge in [0.05, 0.1) is 13.2 Å². The van der Waals surface area contributed by atoms with Crippen molar-refractivity contribution in [2.24, 2.45) is 0 Å². The number of halogens is 1. The highest BCUT2D eigenvalue weighted by atomic mass is 19.1. The molecule has 0 bridgehead atoms. The van der Waals surface area contributed by atoms with E-state index >= 15 is 0 Å². The topological polar surface area (TPSA) is 29.5 Å². The molecule has 2 rings (SSSR count). The van der Waals surface area contributed by atoms with E-state index in [4.69, 9.17) is 4.74 Å². The normalized spacial score (nSPS) is 18.9. The molecular formula is C14H20FNO2. The Kier molecular flexibility index (Phi) is 5.78. The molecule has 0 N–H and O–H groups in total. The molecule has 4 heteroatoms. The summed E-state index contributed by atoms with van der Waals surface area (Å²) < 4.78 is 18.6. The third kappa shape index (κ3) is 3.81. The molecule has 1 atom stereocenters. The molecule has 1 aliphatic rings. The quantitative estimate of drug-likeness (QED) is 0.770. The fourth-order valence-corrected chi connectivity index (χ4v) is 1.84. The van der Waals surface area contributed by atoms with Gasteiger partial charge in [0.25, 0.3) is 0 Å². The molecule has 1 aromatic carbocycles. The third-order valence-electron chi connectivity index (χ3n) is 2.73. The van der Waals surface area contributed by atoms with Gasteiger partial charge in [0, 0.05) is 13.5 Å². The molecule has 3 nitrogen and oxygen atoms in total. The number of hydrogen-bond acceptors (Lipinski definition) is 2. The van der Waals surface area contributed by atoms with Crippen molar-refractivity contribution in [3.8, 4) is 0 Å². The maximum absolute atomic E-state index is 13.0. The second kappa shape index (κ2) is 7.11. The number of benzene rings is 1. The predicted octanol–water partition coefficient (Wildman–Crippen LogP) is 2.77. The summed E-state index contributed by atoms with van der Waals surface area (Å²) in [6, 6.07) is 6.32. The van der Waals surface area contributed by atoms with Crippen LogP contribution in [0.4, 0.5) is 4.39 Å². The van der Waals surface area contributed by atoms with Gasteiger partial charge in [-0.25, -0.2) is 4.39 Å². The molecule has 18 heavy (non-hydrogen) atoms. The van der Waals surface area contributed by atoms with E-state index in [0.717, 1.165) is 5.56 Å². The van der Waals surface area contributed by atoms with Crippen molar-refractivity contribution < 1.29 is 13.9 Å². The molecular weight excluding hydrogens is 233 g/mol. The summed E-state index contributed by atoms with van der Waals surface area (Å²) in [5, 5.41) is 0. The highest BCUT2D eigenvalue weighted by molar-refractivity contribution is 5.73. The lowest BCUT2D eigenvalue weighted by atomic mass is 10.1. The maximum Gasteiger partial charge on any atom is 0.219 e. The lowest BCUT2D eigenvalue weighted by Gasteiger charge is -2.32. The minimum atomic E-state index is -0.277. The fraction of sp³-hybridized carbons (Fsp3) is 0.500. The molecule has 1 heterocycles. The molecule has 0 spiro atoms. The van der Waals surface area contributed by atoms with Crippen molar-refractivity contribution in [3.05, 3.63) is 35.6 Å². The number of hydrogen-bond donors (Lipinski definition) is 0. The molecule has 1 unspecified atom stereocenters. The second-order valence-corrected chi connectivity index (χ2v) is 3.88. The molecule has 0 aromatic heterocycles. The summed E-state index contributed by atoms with van der Waals surface area (Å²) in [6.07, 6.45) is -0.214. The summed E-state index contributed by atoms with van der Waals surface area (Å²) in [7, 11) is 0. The van der Waals surface area contributed by atoms with Crippen LogP contribution in [0.25, 0.3) is 0 Å². The van der Waals surface area contributed by atoms with Gasteiger partial charge >= 0.3 is 0 Å². The summed E-state index contributed by atoms with van der Waals surface area (Å²) in [6.45, 7) is 7.15. The van der Waals surface area contributed by atoms with E-state index in [2.05, 4.69) is 0 Å². The van der Waals surface area contributed by atoms with Gasteiger partial charge in [-0.1, -0.05) is 26.0 Å². The Bertz CT molecular complexity index is 395. The van der Waals surface area contributed by atoms with Gasteiger partial charge in [-0.05, 0) is 17.7 Å². The van der Waals surface area contributed by atoms with Crippen LogP contribution in [0.15, 0.2) is 24.3 Å². The Morgan fingerprint density at radius 3 is 2.78 bits per heavy atom. The first-order valence-electron chi connectivity index (χ1n) is 6.29. The zero-order valence-corrected chi connectivity index (χ0v) is 11.1. The van der Waals surface area contributed by atoms with E-state index in [1.165, 1.54) is 19.1 Å². The highest BCUT2D eigenvalue weighted by Gasteiger charge is 2.23. The highest BCUT2D eigenvalue weighted by Crippen LogP contribution is 2.22. The zero-order valence-electron chi connectivity index (χ0n) is 11.1. The van der Waals surface area contributed by atoms with Gasteiger partial charge in [-0.3, -0.25) is 4.79 Å². The Balaban J connectivity index is 0.000000771. The van der Waals surface area contributed by atoms with E-state index in [-0.39, 0.29) is 17.8 Å². The van der Waals surface area contributed by atoms with Crippen LogP contribution in [0.5, 0.6) is 0 Å². The predicted molar refractivity (Wildman–Crippen MR) is 68.7 cm³/mol. The molecule has 1 aromatic rings. The molecule has 0 radical (unpaired) electrons. The van der Waals surface area contributed by atoms with Gasteiger partial charge in [0.1, 0.15) is 11.9 Å². The van der Waals surface area contributed by atoms with Crippen LogP contribution in [0.3, 0.4) is 0 Å². The average molecular weight is 253 g/mol. The van der Waals surface area contributed by atoms with Crippen molar-refractivity contribution >= 4 is 5.91 Å². The van der Waals surface area contributed by atoms with Crippen molar-refractivity contribution in [2.75, 3.05) is 19.7 Å². The summed E-state index contributed by atoms with van der Waals surface area (Å²) in [5.74, 6) is -0.245. The number of morpholine rings is 1. The summed E-state index contributed by atoms with van der Waals surface area (Å²) >= 11 is 0. The van der Waals surface area contributed by atoms with Gasteiger partial charge in [0.2, 0.25) is 5.91 Å². The van der Waals surface area contributed by atoms with Gasteiger partial charge < -0.3 is 9.64 Å². The third-order valence-corrected chi connectivity index (χ3v) is 2.73. The SMILES string of the molecule is CC.CC(=O)N1CCOC(c2cccc(F)c2)C1. The van der Waals surface area contributed by atoms with Crippen LogP contribution in [0, 0.1) is 5.82 Å². The van der Waals surface area contributed by atoms with Gasteiger partial charge in [-0.15, -0.1) is 0 Å². The van der Waals surface area contributed by atoms with Gasteiger partial charge in [-0.2, -0.15) is 0 Å². The molecule has 1 fully saturated rings. The Morgan fingerprint density at radius 1 is 1.44 bits per heavy atom. The average Bonchev–Trinajstić information content (AvgIpc) is 2.41. The van der Waals surface area contributed by atoms with Crippen LogP contribution in [-0.4, -0.2) is 30.5 Å². The number of rotatable bonds is 1. The first-order chi connectivity index (χ1) is 8.66.